The molecule has 0 bridgehead atoms. The number of hydrogen-bond acceptors (Lipinski definition) is 6. The van der Waals surface area contributed by atoms with Crippen LogP contribution in [0.5, 0.6) is 17.4 Å². The average molecular weight is 383 g/mol. The number of morpholine rings is 1. The number of benzene rings is 1. The van der Waals surface area contributed by atoms with Crippen LogP contribution >= 0.6 is 0 Å². The number of hydrogen-bond donors (Lipinski definition) is 2. The predicted octanol–water partition coefficient (Wildman–Crippen LogP) is 3.13. The van der Waals surface area contributed by atoms with Gasteiger partial charge >= 0.3 is 0 Å². The van der Waals surface area contributed by atoms with Crippen molar-refractivity contribution in [3.05, 3.63) is 48.2 Å². The molecule has 1 saturated carbocycles. The van der Waals surface area contributed by atoms with Gasteiger partial charge < -0.3 is 24.8 Å². The lowest BCUT2D eigenvalue weighted by molar-refractivity contribution is 0.0524. The SMILES string of the molecule is COc1cccc(Oc2ccc(CNC3CCCC3C3COCCN3)cn2)c1. The van der Waals surface area contributed by atoms with E-state index < -0.39 is 0 Å². The van der Waals surface area contributed by atoms with Crippen molar-refractivity contribution in [2.45, 2.75) is 37.9 Å². The molecule has 2 aromatic rings. The largest absolute Gasteiger partial charge is 0.497 e. The quantitative estimate of drug-likeness (QED) is 0.766. The first-order chi connectivity index (χ1) is 13.8. The second-order valence-corrected chi connectivity index (χ2v) is 7.50. The first-order valence-corrected chi connectivity index (χ1v) is 10.1. The fourth-order valence-electron chi connectivity index (χ4n) is 4.19. The maximum absolute atomic E-state index is 5.82. The second-order valence-electron chi connectivity index (χ2n) is 7.50. The number of methoxy groups -OCH3 is 1. The predicted molar refractivity (Wildman–Crippen MR) is 108 cm³/mol. The molecular formula is C22H29N3O3. The van der Waals surface area contributed by atoms with Crippen LogP contribution in [0.15, 0.2) is 42.6 Å². The number of nitrogens with zero attached hydrogens (tertiary/aromatic N) is 1. The fraction of sp³-hybridized carbons (Fsp3) is 0.500. The van der Waals surface area contributed by atoms with E-state index in [1.54, 1.807) is 7.11 Å². The van der Waals surface area contributed by atoms with Crippen molar-refractivity contribution in [3.63, 3.8) is 0 Å². The van der Waals surface area contributed by atoms with Gasteiger partial charge in [-0.05, 0) is 36.5 Å². The molecule has 6 heteroatoms. The van der Waals surface area contributed by atoms with Crippen molar-refractivity contribution in [2.24, 2.45) is 5.92 Å². The number of pyridine rings is 1. The summed E-state index contributed by atoms with van der Waals surface area (Å²) in [5.41, 5.74) is 1.16. The molecule has 2 heterocycles. The maximum Gasteiger partial charge on any atom is 0.219 e. The minimum absolute atomic E-state index is 0.477. The van der Waals surface area contributed by atoms with E-state index in [0.717, 1.165) is 37.6 Å². The van der Waals surface area contributed by atoms with Gasteiger partial charge in [-0.1, -0.05) is 18.6 Å². The molecular weight excluding hydrogens is 354 g/mol. The molecule has 3 unspecified atom stereocenters. The van der Waals surface area contributed by atoms with E-state index in [-0.39, 0.29) is 0 Å². The number of ether oxygens (including phenoxy) is 3. The summed E-state index contributed by atoms with van der Waals surface area (Å²) in [5.74, 6) is 2.71. The summed E-state index contributed by atoms with van der Waals surface area (Å²) in [7, 11) is 1.64. The Labute approximate surface area is 166 Å². The number of aromatic nitrogens is 1. The molecule has 150 valence electrons. The van der Waals surface area contributed by atoms with Crippen molar-refractivity contribution in [1.29, 1.82) is 0 Å². The van der Waals surface area contributed by atoms with E-state index in [0.29, 0.717) is 29.6 Å². The normalized spacial score (nSPS) is 24.8. The van der Waals surface area contributed by atoms with Gasteiger partial charge in [0.15, 0.2) is 0 Å². The maximum atomic E-state index is 5.82. The Balaban J connectivity index is 1.30. The third kappa shape index (κ3) is 4.82. The molecule has 1 aromatic heterocycles. The van der Waals surface area contributed by atoms with E-state index in [4.69, 9.17) is 14.2 Å². The average Bonchev–Trinajstić information content (AvgIpc) is 3.23. The highest BCUT2D eigenvalue weighted by atomic mass is 16.5. The van der Waals surface area contributed by atoms with E-state index in [1.807, 2.05) is 36.5 Å². The van der Waals surface area contributed by atoms with Gasteiger partial charge in [0.2, 0.25) is 5.88 Å². The zero-order chi connectivity index (χ0) is 19.2. The summed E-state index contributed by atoms with van der Waals surface area (Å²) in [6.07, 6.45) is 5.66. The van der Waals surface area contributed by atoms with Gasteiger partial charge in [0.25, 0.3) is 0 Å². The summed E-state index contributed by atoms with van der Waals surface area (Å²) < 4.78 is 16.7. The molecule has 0 amide bonds. The van der Waals surface area contributed by atoms with Gasteiger partial charge in [-0.2, -0.15) is 0 Å². The smallest absolute Gasteiger partial charge is 0.219 e. The Morgan fingerprint density at radius 3 is 2.93 bits per heavy atom. The van der Waals surface area contributed by atoms with Crippen LogP contribution in [0.25, 0.3) is 0 Å². The molecule has 1 aliphatic heterocycles. The van der Waals surface area contributed by atoms with E-state index >= 15 is 0 Å². The molecule has 3 atom stereocenters. The monoisotopic (exact) mass is 383 g/mol. The Morgan fingerprint density at radius 1 is 1.21 bits per heavy atom. The van der Waals surface area contributed by atoms with Crippen LogP contribution in [-0.4, -0.2) is 43.9 Å². The summed E-state index contributed by atoms with van der Waals surface area (Å²) >= 11 is 0. The van der Waals surface area contributed by atoms with E-state index in [1.165, 1.54) is 19.3 Å². The second kappa shape index (κ2) is 9.37. The number of nitrogens with one attached hydrogen (secondary N) is 2. The molecule has 1 aliphatic carbocycles. The molecule has 4 rings (SSSR count). The van der Waals surface area contributed by atoms with Gasteiger partial charge in [-0.3, -0.25) is 0 Å². The molecule has 2 aliphatic rings. The van der Waals surface area contributed by atoms with Gasteiger partial charge in [0, 0.05) is 43.5 Å². The van der Waals surface area contributed by atoms with Crippen molar-refractivity contribution >= 4 is 0 Å². The first kappa shape index (κ1) is 19.2. The fourth-order valence-corrected chi connectivity index (χ4v) is 4.19. The minimum atomic E-state index is 0.477. The van der Waals surface area contributed by atoms with Crippen LogP contribution in [0, 0.1) is 5.92 Å². The Bertz CT molecular complexity index is 747. The van der Waals surface area contributed by atoms with Crippen LogP contribution in [0.4, 0.5) is 0 Å². The van der Waals surface area contributed by atoms with Gasteiger partial charge in [0.05, 0.1) is 20.3 Å². The van der Waals surface area contributed by atoms with Crippen LogP contribution < -0.4 is 20.1 Å². The standard InChI is InChI=1S/C22H29N3O3/c1-26-17-4-2-5-18(12-17)28-22-9-8-16(14-25-22)13-24-20-7-3-6-19(20)21-15-27-11-10-23-21/h2,4-5,8-9,12,14,19-21,23-24H,3,6-7,10-11,13,15H2,1H3. The minimum Gasteiger partial charge on any atom is -0.497 e. The van der Waals surface area contributed by atoms with Crippen molar-refractivity contribution < 1.29 is 14.2 Å². The molecule has 1 saturated heterocycles. The van der Waals surface area contributed by atoms with Gasteiger partial charge in [0.1, 0.15) is 11.5 Å². The van der Waals surface area contributed by atoms with Crippen molar-refractivity contribution in [3.8, 4) is 17.4 Å². The van der Waals surface area contributed by atoms with E-state index in [9.17, 15) is 0 Å². The molecule has 0 radical (unpaired) electrons. The lowest BCUT2D eigenvalue weighted by Crippen LogP contribution is -2.50. The molecule has 6 nitrogen and oxygen atoms in total. The zero-order valence-corrected chi connectivity index (χ0v) is 16.4. The van der Waals surface area contributed by atoms with Gasteiger partial charge in [-0.15, -0.1) is 0 Å². The molecule has 1 aromatic carbocycles. The number of rotatable bonds is 7. The van der Waals surface area contributed by atoms with Crippen LogP contribution in [0.3, 0.4) is 0 Å². The Kier molecular flexibility index (Phi) is 6.41. The highest BCUT2D eigenvalue weighted by Crippen LogP contribution is 2.30. The molecule has 28 heavy (non-hydrogen) atoms. The topological polar surface area (TPSA) is 64.6 Å². The van der Waals surface area contributed by atoms with Crippen LogP contribution in [-0.2, 0) is 11.3 Å². The van der Waals surface area contributed by atoms with Crippen LogP contribution in [0.2, 0.25) is 0 Å². The first-order valence-electron chi connectivity index (χ1n) is 10.1. The third-order valence-electron chi connectivity index (χ3n) is 5.67. The van der Waals surface area contributed by atoms with Crippen molar-refractivity contribution in [2.75, 3.05) is 26.9 Å². The lowest BCUT2D eigenvalue weighted by Gasteiger charge is -2.33. The Morgan fingerprint density at radius 2 is 2.14 bits per heavy atom. The van der Waals surface area contributed by atoms with Gasteiger partial charge in [-0.25, -0.2) is 4.98 Å². The summed E-state index contributed by atoms with van der Waals surface area (Å²) in [6.45, 7) is 3.45. The van der Waals surface area contributed by atoms with Crippen LogP contribution in [0.1, 0.15) is 24.8 Å². The third-order valence-corrected chi connectivity index (χ3v) is 5.67. The summed E-state index contributed by atoms with van der Waals surface area (Å²) in [4.78, 5) is 4.45. The Hall–Kier alpha value is -2.15. The van der Waals surface area contributed by atoms with E-state index in [2.05, 4.69) is 21.7 Å². The highest BCUT2D eigenvalue weighted by Gasteiger charge is 2.34. The lowest BCUT2D eigenvalue weighted by atomic mass is 9.94. The summed E-state index contributed by atoms with van der Waals surface area (Å²) in [6, 6.07) is 12.5. The molecule has 2 N–H and O–H groups in total. The summed E-state index contributed by atoms with van der Waals surface area (Å²) in [5, 5.41) is 7.36. The molecule has 0 spiro atoms. The van der Waals surface area contributed by atoms with Crippen molar-refractivity contribution in [1.82, 2.24) is 15.6 Å². The zero-order valence-electron chi connectivity index (χ0n) is 16.4. The highest BCUT2D eigenvalue weighted by molar-refractivity contribution is 5.35. The molecule has 2 fully saturated rings.